The van der Waals surface area contributed by atoms with Crippen molar-refractivity contribution in [2.75, 3.05) is 5.73 Å². The van der Waals surface area contributed by atoms with E-state index in [-0.39, 0.29) is 17.8 Å². The maximum absolute atomic E-state index is 13.8. The summed E-state index contributed by atoms with van der Waals surface area (Å²) in [4.78, 5) is 19.1. The van der Waals surface area contributed by atoms with E-state index >= 15 is 0 Å². The lowest BCUT2D eigenvalue weighted by Crippen LogP contribution is -2.06. The molecule has 0 fully saturated rings. The Kier molecular flexibility index (Phi) is 4.25. The van der Waals surface area contributed by atoms with E-state index < -0.39 is 5.82 Å². The van der Waals surface area contributed by atoms with Crippen molar-refractivity contribution in [3.8, 4) is 11.3 Å². The number of rotatable bonds is 4. The highest BCUT2D eigenvalue weighted by Gasteiger charge is 2.13. The molecule has 0 bridgehead atoms. The van der Waals surface area contributed by atoms with E-state index in [0.29, 0.717) is 10.4 Å². The van der Waals surface area contributed by atoms with Crippen LogP contribution in [0, 0.1) is 5.82 Å². The first-order valence-corrected chi connectivity index (χ1v) is 7.70. The molecule has 0 saturated carbocycles. The fourth-order valence-corrected chi connectivity index (χ4v) is 2.61. The van der Waals surface area contributed by atoms with Crippen LogP contribution in [0.15, 0.2) is 53.1 Å². The molecule has 0 unspecified atom stereocenters. The number of nitrogens with one attached hydrogen (secondary N) is 1. The number of carbonyl (C=O) groups is 1. The van der Waals surface area contributed by atoms with Gasteiger partial charge in [-0.25, -0.2) is 9.37 Å². The van der Waals surface area contributed by atoms with Crippen LogP contribution in [0.4, 0.5) is 10.3 Å². The molecule has 0 saturated heterocycles. The molecule has 0 aliphatic carbocycles. The topological polar surface area (TPSA) is 71.8 Å². The molecule has 3 rings (SSSR count). The van der Waals surface area contributed by atoms with Crippen LogP contribution >= 0.6 is 15.9 Å². The molecule has 4 nitrogen and oxygen atoms in total. The SMILES string of the molecule is Nc1ncc(-c2ccc(CC(=O)c3ccc(Br)cc3F)cc2)[nH]1. The van der Waals surface area contributed by atoms with E-state index in [4.69, 9.17) is 5.73 Å². The van der Waals surface area contributed by atoms with E-state index in [1.54, 1.807) is 12.3 Å². The number of hydrogen-bond acceptors (Lipinski definition) is 3. The number of Topliss-reactive ketones (excluding diaryl/α,β-unsaturated/α-hetero) is 1. The number of hydrogen-bond donors (Lipinski definition) is 2. The zero-order valence-electron chi connectivity index (χ0n) is 12.0. The molecule has 116 valence electrons. The summed E-state index contributed by atoms with van der Waals surface area (Å²) in [7, 11) is 0. The number of aromatic nitrogens is 2. The second-order valence-electron chi connectivity index (χ2n) is 5.10. The lowest BCUT2D eigenvalue weighted by molar-refractivity contribution is 0.0989. The summed E-state index contributed by atoms with van der Waals surface area (Å²) in [6, 6.07) is 11.8. The molecule has 1 heterocycles. The average molecular weight is 374 g/mol. The lowest BCUT2D eigenvalue weighted by Gasteiger charge is -2.05. The molecule has 1 aromatic heterocycles. The predicted molar refractivity (Wildman–Crippen MR) is 90.6 cm³/mol. The standard InChI is InChI=1S/C17H13BrFN3O/c18-12-5-6-13(14(19)8-12)16(23)7-10-1-3-11(4-2-10)15-9-21-17(20)22-15/h1-6,8-9H,7H2,(H3,20,21,22). The number of anilines is 1. The van der Waals surface area contributed by atoms with Crippen LogP contribution in [0.3, 0.4) is 0 Å². The van der Waals surface area contributed by atoms with Gasteiger partial charge in [-0.1, -0.05) is 40.2 Å². The highest BCUT2D eigenvalue weighted by atomic mass is 79.9. The van der Waals surface area contributed by atoms with Gasteiger partial charge in [-0.15, -0.1) is 0 Å². The molecule has 2 aromatic carbocycles. The van der Waals surface area contributed by atoms with E-state index in [9.17, 15) is 9.18 Å². The van der Waals surface area contributed by atoms with Crippen molar-refractivity contribution in [2.24, 2.45) is 0 Å². The van der Waals surface area contributed by atoms with E-state index in [1.165, 1.54) is 12.1 Å². The highest BCUT2D eigenvalue weighted by Crippen LogP contribution is 2.20. The molecule has 0 radical (unpaired) electrons. The van der Waals surface area contributed by atoms with Gasteiger partial charge in [0.25, 0.3) is 0 Å². The molecule has 0 amide bonds. The van der Waals surface area contributed by atoms with Crippen molar-refractivity contribution in [2.45, 2.75) is 6.42 Å². The van der Waals surface area contributed by atoms with E-state index in [2.05, 4.69) is 25.9 Å². The molecule has 23 heavy (non-hydrogen) atoms. The van der Waals surface area contributed by atoms with Crippen LogP contribution in [0.1, 0.15) is 15.9 Å². The van der Waals surface area contributed by atoms with Gasteiger partial charge < -0.3 is 10.7 Å². The second kappa shape index (κ2) is 6.34. The number of benzene rings is 2. The van der Waals surface area contributed by atoms with Crippen LogP contribution in [0.5, 0.6) is 0 Å². The Morgan fingerprint density at radius 2 is 1.96 bits per heavy atom. The molecule has 0 aliphatic heterocycles. The maximum atomic E-state index is 13.8. The summed E-state index contributed by atoms with van der Waals surface area (Å²) in [5.41, 5.74) is 8.18. The van der Waals surface area contributed by atoms with Crippen LogP contribution < -0.4 is 5.73 Å². The first kappa shape index (κ1) is 15.4. The number of nitrogens with zero attached hydrogens (tertiary/aromatic N) is 1. The van der Waals surface area contributed by atoms with Gasteiger partial charge in [0.05, 0.1) is 17.5 Å². The van der Waals surface area contributed by atoms with Gasteiger partial charge in [0.1, 0.15) is 5.82 Å². The zero-order chi connectivity index (χ0) is 16.4. The lowest BCUT2D eigenvalue weighted by atomic mass is 10.0. The third-order valence-electron chi connectivity index (χ3n) is 3.46. The van der Waals surface area contributed by atoms with Gasteiger partial charge in [-0.05, 0) is 29.3 Å². The molecular weight excluding hydrogens is 361 g/mol. The van der Waals surface area contributed by atoms with Gasteiger partial charge in [-0.3, -0.25) is 4.79 Å². The van der Waals surface area contributed by atoms with Crippen molar-refractivity contribution in [1.29, 1.82) is 0 Å². The predicted octanol–water partition coefficient (Wildman–Crippen LogP) is 3.99. The second-order valence-corrected chi connectivity index (χ2v) is 6.02. The van der Waals surface area contributed by atoms with Gasteiger partial charge in [0, 0.05) is 10.9 Å². The summed E-state index contributed by atoms with van der Waals surface area (Å²) in [6.07, 6.45) is 1.79. The van der Waals surface area contributed by atoms with Gasteiger partial charge in [0.2, 0.25) is 0 Å². The van der Waals surface area contributed by atoms with Crippen LogP contribution in [-0.2, 0) is 6.42 Å². The number of ketones is 1. The minimum atomic E-state index is -0.520. The van der Waals surface area contributed by atoms with Crippen LogP contribution in [-0.4, -0.2) is 15.8 Å². The Bertz CT molecular complexity index is 859. The largest absolute Gasteiger partial charge is 0.369 e. The normalized spacial score (nSPS) is 10.7. The highest BCUT2D eigenvalue weighted by molar-refractivity contribution is 9.10. The summed E-state index contributed by atoms with van der Waals surface area (Å²) in [5.74, 6) is -0.424. The minimum Gasteiger partial charge on any atom is -0.369 e. The van der Waals surface area contributed by atoms with Crippen molar-refractivity contribution in [1.82, 2.24) is 9.97 Å². The average Bonchev–Trinajstić information content (AvgIpc) is 2.94. The van der Waals surface area contributed by atoms with E-state index in [0.717, 1.165) is 16.8 Å². The fourth-order valence-electron chi connectivity index (χ4n) is 2.28. The molecule has 3 N–H and O–H groups in total. The zero-order valence-corrected chi connectivity index (χ0v) is 13.6. The third-order valence-corrected chi connectivity index (χ3v) is 3.95. The minimum absolute atomic E-state index is 0.0959. The molecular formula is C17H13BrFN3O. The number of aromatic amines is 1. The quantitative estimate of drug-likeness (QED) is 0.679. The number of nitrogens with two attached hydrogens (primary N) is 1. The number of imidazole rings is 1. The summed E-state index contributed by atoms with van der Waals surface area (Å²) in [5, 5.41) is 0. The van der Waals surface area contributed by atoms with Gasteiger partial charge >= 0.3 is 0 Å². The Balaban J connectivity index is 1.76. The Labute approximate surface area is 140 Å². The van der Waals surface area contributed by atoms with Gasteiger partial charge in [0.15, 0.2) is 11.7 Å². The number of nitrogen functional groups attached to an aromatic ring is 1. The van der Waals surface area contributed by atoms with E-state index in [1.807, 2.05) is 24.3 Å². The summed E-state index contributed by atoms with van der Waals surface area (Å²) < 4.78 is 14.4. The van der Waals surface area contributed by atoms with Crippen molar-refractivity contribution in [3.63, 3.8) is 0 Å². The van der Waals surface area contributed by atoms with Crippen LogP contribution in [0.2, 0.25) is 0 Å². The van der Waals surface area contributed by atoms with Crippen molar-refractivity contribution < 1.29 is 9.18 Å². The number of carbonyl (C=O) groups excluding carboxylic acids is 1. The number of halogens is 2. The number of H-pyrrole nitrogens is 1. The Morgan fingerprint density at radius 3 is 2.57 bits per heavy atom. The first-order valence-electron chi connectivity index (χ1n) is 6.91. The fraction of sp³-hybridized carbons (Fsp3) is 0.0588. The Hall–Kier alpha value is -2.47. The Morgan fingerprint density at radius 1 is 1.22 bits per heavy atom. The summed E-state index contributed by atoms with van der Waals surface area (Å²) in [6.45, 7) is 0. The first-order chi connectivity index (χ1) is 11.0. The molecule has 0 aliphatic rings. The van der Waals surface area contributed by atoms with Crippen LogP contribution in [0.25, 0.3) is 11.3 Å². The monoisotopic (exact) mass is 373 g/mol. The molecule has 6 heteroatoms. The smallest absolute Gasteiger partial charge is 0.197 e. The third kappa shape index (κ3) is 3.48. The van der Waals surface area contributed by atoms with Gasteiger partial charge in [-0.2, -0.15) is 0 Å². The van der Waals surface area contributed by atoms with Crippen molar-refractivity contribution >= 4 is 27.7 Å². The molecule has 3 aromatic rings. The molecule has 0 atom stereocenters. The summed E-state index contributed by atoms with van der Waals surface area (Å²) >= 11 is 3.18. The maximum Gasteiger partial charge on any atom is 0.197 e. The molecule has 0 spiro atoms. The van der Waals surface area contributed by atoms with Crippen molar-refractivity contribution in [3.05, 3.63) is 70.1 Å².